The Kier molecular flexibility index (Phi) is 5.55. The molecule has 0 aliphatic rings. The lowest BCUT2D eigenvalue weighted by atomic mass is 9.86. The number of hydrogen-bond acceptors (Lipinski definition) is 3. The van der Waals surface area contributed by atoms with Gasteiger partial charge in [0.25, 0.3) is 0 Å². The number of allylic oxidation sites excluding steroid dienone is 1. The molecule has 0 amide bonds. The Balaban J connectivity index is 3.42. The van der Waals surface area contributed by atoms with Gasteiger partial charge in [-0.1, -0.05) is 36.7 Å². The minimum Gasteiger partial charge on any atom is -0.495 e. The highest BCUT2D eigenvalue weighted by molar-refractivity contribution is 9.11. The van der Waals surface area contributed by atoms with Crippen molar-refractivity contribution >= 4 is 43.7 Å². The molecule has 20 heavy (non-hydrogen) atoms. The molecule has 0 saturated heterocycles. The maximum Gasteiger partial charge on any atom is 0.178 e. The van der Waals surface area contributed by atoms with Crippen LogP contribution in [0.1, 0.15) is 26.3 Å². The molecule has 0 radical (unpaired) electrons. The maximum atomic E-state index is 12.2. The number of hydrogen-bond donors (Lipinski definition) is 0. The number of halogens is 2. The summed E-state index contributed by atoms with van der Waals surface area (Å²) in [5.74, 6) is 0.390. The van der Waals surface area contributed by atoms with Gasteiger partial charge in [0, 0.05) is 15.5 Å². The minimum absolute atomic E-state index is 0.112. The molecule has 106 valence electrons. The highest BCUT2D eigenvalue weighted by Crippen LogP contribution is 2.34. The molecule has 0 spiro atoms. The van der Waals surface area contributed by atoms with Gasteiger partial charge in [-0.05, 0) is 34.1 Å². The fourth-order valence-corrected chi connectivity index (χ4v) is 3.03. The van der Waals surface area contributed by atoms with Crippen LogP contribution in [0.5, 0.6) is 5.75 Å². The highest BCUT2D eigenvalue weighted by atomic mass is 79.9. The summed E-state index contributed by atoms with van der Waals surface area (Å²) >= 11 is 6.78. The minimum atomic E-state index is -0.599. The van der Waals surface area contributed by atoms with Gasteiger partial charge in [0.05, 0.1) is 17.2 Å². The maximum absolute atomic E-state index is 12.2. The van der Waals surface area contributed by atoms with Crippen LogP contribution >= 0.6 is 31.9 Å². The molecule has 0 aromatic heterocycles. The van der Waals surface area contributed by atoms with Gasteiger partial charge in [0.2, 0.25) is 0 Å². The third-order valence-electron chi connectivity index (χ3n) is 2.59. The van der Waals surface area contributed by atoms with Crippen molar-refractivity contribution in [2.24, 2.45) is 5.41 Å². The lowest BCUT2D eigenvalue weighted by molar-refractivity contribution is -0.121. The van der Waals surface area contributed by atoms with E-state index in [0.717, 1.165) is 8.95 Å². The van der Waals surface area contributed by atoms with E-state index in [9.17, 15) is 10.1 Å². The average molecular weight is 401 g/mol. The van der Waals surface area contributed by atoms with Crippen LogP contribution in [-0.4, -0.2) is 12.9 Å². The van der Waals surface area contributed by atoms with Gasteiger partial charge in [-0.15, -0.1) is 0 Å². The van der Waals surface area contributed by atoms with E-state index < -0.39 is 5.41 Å². The van der Waals surface area contributed by atoms with Gasteiger partial charge in [-0.2, -0.15) is 5.26 Å². The molecule has 0 N–H and O–H groups in total. The molecular weight excluding hydrogens is 386 g/mol. The molecule has 0 heterocycles. The molecule has 0 aliphatic heterocycles. The number of nitrogens with zero attached hydrogens (tertiary/aromatic N) is 1. The molecular formula is C15H15Br2NO2. The molecule has 0 fully saturated rings. The molecule has 1 rings (SSSR count). The van der Waals surface area contributed by atoms with E-state index in [2.05, 4.69) is 31.9 Å². The van der Waals surface area contributed by atoms with Gasteiger partial charge in [0.15, 0.2) is 5.78 Å². The number of nitriles is 1. The van der Waals surface area contributed by atoms with Crippen LogP contribution in [-0.2, 0) is 4.79 Å². The second-order valence-corrected chi connectivity index (χ2v) is 7.03. The molecule has 0 bridgehead atoms. The van der Waals surface area contributed by atoms with Crippen LogP contribution in [0.3, 0.4) is 0 Å². The van der Waals surface area contributed by atoms with Crippen LogP contribution in [0, 0.1) is 16.7 Å². The number of benzene rings is 1. The van der Waals surface area contributed by atoms with Crippen LogP contribution in [0.25, 0.3) is 6.08 Å². The summed E-state index contributed by atoms with van der Waals surface area (Å²) in [6, 6.07) is 5.62. The molecule has 5 heteroatoms. The van der Waals surface area contributed by atoms with E-state index in [1.54, 1.807) is 40.0 Å². The van der Waals surface area contributed by atoms with E-state index in [0.29, 0.717) is 11.3 Å². The third kappa shape index (κ3) is 3.94. The van der Waals surface area contributed by atoms with Crippen molar-refractivity contribution in [2.45, 2.75) is 20.8 Å². The lowest BCUT2D eigenvalue weighted by Crippen LogP contribution is -2.21. The van der Waals surface area contributed by atoms with Crippen molar-refractivity contribution in [3.8, 4) is 11.8 Å². The zero-order chi connectivity index (χ0) is 15.5. The van der Waals surface area contributed by atoms with Crippen LogP contribution < -0.4 is 4.74 Å². The van der Waals surface area contributed by atoms with Crippen LogP contribution in [0.2, 0.25) is 0 Å². The van der Waals surface area contributed by atoms with Gasteiger partial charge in [-0.3, -0.25) is 4.79 Å². The second-order valence-electron chi connectivity index (χ2n) is 5.26. The number of ketones is 1. The number of carbonyl (C=O) groups is 1. The summed E-state index contributed by atoms with van der Waals surface area (Å²) in [7, 11) is 1.54. The largest absolute Gasteiger partial charge is 0.495 e. The van der Waals surface area contributed by atoms with Gasteiger partial charge in [0.1, 0.15) is 11.8 Å². The van der Waals surface area contributed by atoms with Crippen LogP contribution in [0.15, 0.2) is 26.7 Å². The third-order valence-corrected chi connectivity index (χ3v) is 3.63. The van der Waals surface area contributed by atoms with E-state index >= 15 is 0 Å². The molecule has 0 unspecified atom stereocenters. The van der Waals surface area contributed by atoms with E-state index in [1.165, 1.54) is 0 Å². The Morgan fingerprint density at radius 2 is 1.95 bits per heavy atom. The quantitative estimate of drug-likeness (QED) is 0.543. The average Bonchev–Trinajstić information content (AvgIpc) is 2.33. The SMILES string of the molecule is COc1c(Br)cc(Br)cc1/C=C(\C#N)C(=O)C(C)(C)C. The highest BCUT2D eigenvalue weighted by Gasteiger charge is 2.25. The first-order valence-corrected chi connectivity index (χ1v) is 7.49. The number of rotatable bonds is 3. The fraction of sp³-hybridized carbons (Fsp3) is 0.333. The summed E-state index contributed by atoms with van der Waals surface area (Å²) in [6.45, 7) is 5.36. The van der Waals surface area contributed by atoms with Gasteiger partial charge >= 0.3 is 0 Å². The number of carbonyl (C=O) groups excluding carboxylic acids is 1. The zero-order valence-electron chi connectivity index (χ0n) is 11.8. The molecule has 0 saturated carbocycles. The van der Waals surface area contributed by atoms with Crippen molar-refractivity contribution in [2.75, 3.05) is 7.11 Å². The van der Waals surface area contributed by atoms with Crippen molar-refractivity contribution in [1.82, 2.24) is 0 Å². The van der Waals surface area contributed by atoms with Crippen molar-refractivity contribution in [3.05, 3.63) is 32.2 Å². The Morgan fingerprint density at radius 3 is 2.40 bits per heavy atom. The van der Waals surface area contributed by atoms with Gasteiger partial charge < -0.3 is 4.74 Å². The smallest absolute Gasteiger partial charge is 0.178 e. The molecule has 1 aromatic carbocycles. The fourth-order valence-electron chi connectivity index (χ4n) is 1.61. The molecule has 0 atom stereocenters. The number of methoxy groups -OCH3 is 1. The van der Waals surface area contributed by atoms with Crippen molar-refractivity contribution in [3.63, 3.8) is 0 Å². The summed E-state index contributed by atoms with van der Waals surface area (Å²) in [5, 5.41) is 9.22. The first-order valence-electron chi connectivity index (χ1n) is 5.90. The number of ether oxygens (including phenoxy) is 1. The lowest BCUT2D eigenvalue weighted by Gasteiger charge is -2.16. The summed E-state index contributed by atoms with van der Waals surface area (Å²) in [5.41, 5.74) is 0.182. The first-order chi connectivity index (χ1) is 9.20. The van der Waals surface area contributed by atoms with Gasteiger partial charge in [-0.25, -0.2) is 0 Å². The second kappa shape index (κ2) is 6.55. The van der Waals surface area contributed by atoms with E-state index in [-0.39, 0.29) is 11.4 Å². The molecule has 3 nitrogen and oxygen atoms in total. The summed E-state index contributed by atoms with van der Waals surface area (Å²) in [6.07, 6.45) is 1.56. The normalized spacial score (nSPS) is 11.9. The Hall–Kier alpha value is -1.12. The summed E-state index contributed by atoms with van der Waals surface area (Å²) in [4.78, 5) is 12.2. The first kappa shape index (κ1) is 16.9. The van der Waals surface area contributed by atoms with E-state index in [1.807, 2.05) is 12.1 Å². The Labute approximate surface area is 135 Å². The predicted molar refractivity (Wildman–Crippen MR) is 86.4 cm³/mol. The zero-order valence-corrected chi connectivity index (χ0v) is 14.9. The predicted octanol–water partition coefficient (Wildman–Crippen LogP) is 4.74. The van der Waals surface area contributed by atoms with E-state index in [4.69, 9.17) is 4.74 Å². The van der Waals surface area contributed by atoms with Crippen molar-refractivity contribution < 1.29 is 9.53 Å². The topological polar surface area (TPSA) is 50.1 Å². The van der Waals surface area contributed by atoms with Crippen LogP contribution in [0.4, 0.5) is 0 Å². The molecule has 0 aliphatic carbocycles. The molecule has 1 aromatic rings. The monoisotopic (exact) mass is 399 g/mol. The Morgan fingerprint density at radius 1 is 1.35 bits per heavy atom. The standard InChI is InChI=1S/C15H15Br2NO2/c1-15(2,3)14(19)10(8-18)5-9-6-11(16)7-12(17)13(9)20-4/h5-7H,1-4H3/b10-5+. The Bertz CT molecular complexity index is 608. The summed E-state index contributed by atoms with van der Waals surface area (Å²) < 4.78 is 6.89. The number of Topliss-reactive ketones (excluding diaryl/α,β-unsaturated/α-hetero) is 1. The van der Waals surface area contributed by atoms with Crippen molar-refractivity contribution in [1.29, 1.82) is 5.26 Å².